The van der Waals surface area contributed by atoms with Gasteiger partial charge in [-0.2, -0.15) is 0 Å². The minimum Gasteiger partial charge on any atom is -0.265 e. The van der Waals surface area contributed by atoms with E-state index < -0.39 is 0 Å². The predicted octanol–water partition coefficient (Wildman–Crippen LogP) is 4.78. The average molecular weight is 260 g/mol. The molecule has 18 heavy (non-hydrogen) atoms. The lowest BCUT2D eigenvalue weighted by molar-refractivity contribution is 0.726. The molecule has 1 heterocycles. The Bertz CT molecular complexity index is 522. The maximum absolute atomic E-state index is 6.65. The van der Waals surface area contributed by atoms with Crippen molar-refractivity contribution in [2.24, 2.45) is 0 Å². The normalized spacial score (nSPS) is 14.2. The van der Waals surface area contributed by atoms with Crippen LogP contribution in [-0.4, -0.2) is 4.98 Å². The number of benzene rings is 1. The van der Waals surface area contributed by atoms with Gasteiger partial charge in [0.15, 0.2) is 0 Å². The molecule has 94 valence electrons. The zero-order valence-corrected chi connectivity index (χ0v) is 11.8. The third-order valence-corrected chi connectivity index (χ3v) is 4.23. The summed E-state index contributed by atoms with van der Waals surface area (Å²) in [7, 11) is 0. The summed E-state index contributed by atoms with van der Waals surface area (Å²) in [5, 5.41) is -0.00713. The highest BCUT2D eigenvalue weighted by Gasteiger charge is 2.20. The number of aryl methyl sites for hydroxylation is 1. The second kappa shape index (κ2) is 5.53. The minimum atomic E-state index is -0.00713. The van der Waals surface area contributed by atoms with E-state index in [1.165, 1.54) is 22.3 Å². The number of nitrogens with zero attached hydrogens (tertiary/aromatic N) is 1. The summed E-state index contributed by atoms with van der Waals surface area (Å²) in [5.74, 6) is 0.273. The zero-order chi connectivity index (χ0) is 13.1. The third-order valence-electron chi connectivity index (χ3n) is 3.61. The molecule has 1 aromatic carbocycles. The predicted molar refractivity (Wildman–Crippen MR) is 77.2 cm³/mol. The average Bonchev–Trinajstić information content (AvgIpc) is 2.41. The summed E-state index contributed by atoms with van der Waals surface area (Å²) in [6.07, 6.45) is 3.64. The van der Waals surface area contributed by atoms with Crippen LogP contribution in [0.25, 0.3) is 0 Å². The topological polar surface area (TPSA) is 12.9 Å². The van der Waals surface area contributed by atoms with Crippen molar-refractivity contribution in [2.45, 2.75) is 32.1 Å². The minimum absolute atomic E-state index is 0.00713. The highest BCUT2D eigenvalue weighted by Crippen LogP contribution is 2.37. The zero-order valence-electron chi connectivity index (χ0n) is 11.0. The number of hydrogen-bond acceptors (Lipinski definition) is 1. The fourth-order valence-electron chi connectivity index (χ4n) is 2.18. The second-order valence-corrected chi connectivity index (χ2v) is 5.23. The maximum atomic E-state index is 6.65. The molecule has 0 N–H and O–H groups in total. The lowest BCUT2D eigenvalue weighted by Gasteiger charge is -2.21. The van der Waals surface area contributed by atoms with E-state index in [9.17, 15) is 0 Å². The van der Waals surface area contributed by atoms with Crippen molar-refractivity contribution in [3.63, 3.8) is 0 Å². The third kappa shape index (κ3) is 2.56. The van der Waals surface area contributed by atoms with Crippen LogP contribution in [0, 0.1) is 13.8 Å². The van der Waals surface area contributed by atoms with Crippen molar-refractivity contribution in [1.29, 1.82) is 0 Å². The molecule has 0 spiro atoms. The van der Waals surface area contributed by atoms with Gasteiger partial charge in [0.1, 0.15) is 0 Å². The Morgan fingerprint density at radius 2 is 1.72 bits per heavy atom. The monoisotopic (exact) mass is 259 g/mol. The van der Waals surface area contributed by atoms with Crippen LogP contribution in [-0.2, 0) is 0 Å². The van der Waals surface area contributed by atoms with Crippen LogP contribution >= 0.6 is 11.6 Å². The van der Waals surface area contributed by atoms with E-state index in [1.807, 2.05) is 24.5 Å². The quantitative estimate of drug-likeness (QED) is 0.723. The Morgan fingerprint density at radius 1 is 1.06 bits per heavy atom. The summed E-state index contributed by atoms with van der Waals surface area (Å²) >= 11 is 6.65. The molecular weight excluding hydrogens is 242 g/mol. The van der Waals surface area contributed by atoms with E-state index in [0.717, 1.165) is 0 Å². The number of aromatic nitrogens is 1. The van der Waals surface area contributed by atoms with Gasteiger partial charge >= 0.3 is 0 Å². The van der Waals surface area contributed by atoms with Crippen molar-refractivity contribution in [3.05, 3.63) is 65.0 Å². The molecule has 2 heteroatoms. The molecule has 0 saturated heterocycles. The van der Waals surface area contributed by atoms with Gasteiger partial charge in [-0.1, -0.05) is 25.1 Å². The molecule has 2 aromatic rings. The van der Waals surface area contributed by atoms with E-state index in [-0.39, 0.29) is 11.3 Å². The van der Waals surface area contributed by atoms with Crippen LogP contribution in [0.2, 0.25) is 0 Å². The maximum Gasteiger partial charge on any atom is 0.0653 e. The molecule has 1 nitrogen and oxygen atoms in total. The van der Waals surface area contributed by atoms with E-state index in [0.29, 0.717) is 0 Å². The Hall–Kier alpha value is -1.34. The van der Waals surface area contributed by atoms with E-state index in [1.54, 1.807) is 0 Å². The molecule has 0 aliphatic heterocycles. The van der Waals surface area contributed by atoms with Crippen LogP contribution in [0.1, 0.15) is 40.5 Å². The van der Waals surface area contributed by atoms with Crippen molar-refractivity contribution in [2.75, 3.05) is 0 Å². The molecule has 2 unspecified atom stereocenters. The van der Waals surface area contributed by atoms with Crippen molar-refractivity contribution in [1.82, 2.24) is 4.98 Å². The van der Waals surface area contributed by atoms with Gasteiger partial charge < -0.3 is 0 Å². The lowest BCUT2D eigenvalue weighted by Crippen LogP contribution is -2.05. The summed E-state index contributed by atoms with van der Waals surface area (Å²) in [5.41, 5.74) is 5.03. The van der Waals surface area contributed by atoms with E-state index >= 15 is 0 Å². The van der Waals surface area contributed by atoms with Crippen LogP contribution in [0.4, 0.5) is 0 Å². The molecule has 1 aromatic heterocycles. The van der Waals surface area contributed by atoms with Gasteiger partial charge in [-0.25, -0.2) is 0 Å². The van der Waals surface area contributed by atoms with Crippen molar-refractivity contribution < 1.29 is 0 Å². The van der Waals surface area contributed by atoms with Gasteiger partial charge in [0, 0.05) is 18.3 Å². The largest absolute Gasteiger partial charge is 0.265 e. The molecule has 0 radical (unpaired) electrons. The van der Waals surface area contributed by atoms with Gasteiger partial charge in [-0.15, -0.1) is 11.6 Å². The molecule has 0 bridgehead atoms. The standard InChI is InChI=1S/C16H18ClN/c1-11-5-4-6-15(12(11)2)16(17)13(3)14-7-9-18-10-8-14/h4-10,13,16H,1-3H3. The number of rotatable bonds is 3. The highest BCUT2D eigenvalue weighted by atomic mass is 35.5. The molecule has 0 aliphatic carbocycles. The molecule has 0 saturated carbocycles. The fourth-order valence-corrected chi connectivity index (χ4v) is 2.56. The second-order valence-electron chi connectivity index (χ2n) is 4.76. The number of halogens is 1. The van der Waals surface area contributed by atoms with Crippen molar-refractivity contribution >= 4 is 11.6 Å². The first-order chi connectivity index (χ1) is 8.61. The van der Waals surface area contributed by atoms with Gasteiger partial charge in [-0.05, 0) is 48.2 Å². The Balaban J connectivity index is 2.31. The molecule has 0 aliphatic rings. The highest BCUT2D eigenvalue weighted by molar-refractivity contribution is 6.21. The lowest BCUT2D eigenvalue weighted by atomic mass is 9.90. The van der Waals surface area contributed by atoms with Gasteiger partial charge in [0.2, 0.25) is 0 Å². The molecule has 2 rings (SSSR count). The summed E-state index contributed by atoms with van der Waals surface area (Å²) in [4.78, 5) is 4.05. The first-order valence-corrected chi connectivity index (χ1v) is 6.65. The Labute approximate surface area is 114 Å². The summed E-state index contributed by atoms with van der Waals surface area (Å²) < 4.78 is 0. The van der Waals surface area contributed by atoms with Crippen LogP contribution < -0.4 is 0 Å². The molecule has 0 amide bonds. The smallest absolute Gasteiger partial charge is 0.0653 e. The number of alkyl halides is 1. The first-order valence-electron chi connectivity index (χ1n) is 6.21. The summed E-state index contributed by atoms with van der Waals surface area (Å²) in [6, 6.07) is 10.4. The van der Waals surface area contributed by atoms with Gasteiger partial charge in [0.25, 0.3) is 0 Å². The SMILES string of the molecule is Cc1cccc(C(Cl)C(C)c2ccncc2)c1C. The van der Waals surface area contributed by atoms with Crippen LogP contribution in [0.5, 0.6) is 0 Å². The van der Waals surface area contributed by atoms with E-state index in [2.05, 4.69) is 44.0 Å². The van der Waals surface area contributed by atoms with Gasteiger partial charge in [-0.3, -0.25) is 4.98 Å². The Kier molecular flexibility index (Phi) is 4.03. The van der Waals surface area contributed by atoms with Gasteiger partial charge in [0.05, 0.1) is 5.38 Å². The molecular formula is C16H18ClN. The molecule has 2 atom stereocenters. The molecule has 0 fully saturated rings. The van der Waals surface area contributed by atoms with Crippen LogP contribution in [0.3, 0.4) is 0 Å². The fraction of sp³-hybridized carbons (Fsp3) is 0.312. The number of pyridine rings is 1. The van der Waals surface area contributed by atoms with Crippen LogP contribution in [0.15, 0.2) is 42.7 Å². The van der Waals surface area contributed by atoms with Crippen molar-refractivity contribution in [3.8, 4) is 0 Å². The Morgan fingerprint density at radius 3 is 2.39 bits per heavy atom. The van der Waals surface area contributed by atoms with E-state index in [4.69, 9.17) is 11.6 Å². The summed E-state index contributed by atoms with van der Waals surface area (Å²) in [6.45, 7) is 6.42. The first kappa shape index (κ1) is 13.1. The number of hydrogen-bond donors (Lipinski definition) is 0.